The van der Waals surface area contributed by atoms with Crippen LogP contribution in [0.2, 0.25) is 0 Å². The number of hydrogen-bond donors (Lipinski definition) is 2. The number of hydrogen-bond acceptors (Lipinski definition) is 2. The molecule has 2 N–H and O–H groups in total. The zero-order chi connectivity index (χ0) is 9.56. The van der Waals surface area contributed by atoms with Crippen molar-refractivity contribution in [2.45, 2.75) is 39.5 Å². The summed E-state index contributed by atoms with van der Waals surface area (Å²) in [6, 6.07) is 0. The van der Waals surface area contributed by atoms with E-state index in [1.165, 1.54) is 0 Å². The Labute approximate surface area is 73.3 Å². The molecule has 3 heteroatoms. The Morgan fingerprint density at radius 1 is 1.58 bits per heavy atom. The Balaban J connectivity index is 3.87. The van der Waals surface area contributed by atoms with Gasteiger partial charge in [-0.1, -0.05) is 19.8 Å². The Morgan fingerprint density at radius 2 is 2.17 bits per heavy atom. The normalized spacial score (nSPS) is 12.5. The second kappa shape index (κ2) is 5.75. The fraction of sp³-hybridized carbons (Fsp3) is 0.778. The van der Waals surface area contributed by atoms with Crippen LogP contribution in [0.1, 0.15) is 39.5 Å². The second-order valence-corrected chi connectivity index (χ2v) is 3.16. The molecule has 0 bridgehead atoms. The van der Waals surface area contributed by atoms with Crippen LogP contribution in [0.15, 0.2) is 0 Å². The third kappa shape index (κ3) is 4.88. The van der Waals surface area contributed by atoms with Crippen LogP contribution in [-0.2, 0) is 4.79 Å². The van der Waals surface area contributed by atoms with Crippen LogP contribution in [0.4, 0.5) is 0 Å². The fourth-order valence-corrected chi connectivity index (χ4v) is 1.13. The van der Waals surface area contributed by atoms with E-state index in [1.54, 1.807) is 6.92 Å². The topological polar surface area (TPSA) is 61.2 Å². The number of carboxylic acid groups (broad SMARTS) is 1. The highest BCUT2D eigenvalue weighted by Gasteiger charge is 2.16. The van der Waals surface area contributed by atoms with Crippen LogP contribution in [0.25, 0.3) is 0 Å². The first-order chi connectivity index (χ1) is 5.57. The van der Waals surface area contributed by atoms with Crippen molar-refractivity contribution in [2.75, 3.05) is 0 Å². The first-order valence-electron chi connectivity index (χ1n) is 4.34. The first-order valence-corrected chi connectivity index (χ1v) is 4.34. The van der Waals surface area contributed by atoms with Crippen molar-refractivity contribution in [3.8, 4) is 0 Å². The lowest BCUT2D eigenvalue weighted by atomic mass is 9.97. The molecule has 0 rings (SSSR count). The number of rotatable bonds is 6. The second-order valence-electron chi connectivity index (χ2n) is 3.16. The van der Waals surface area contributed by atoms with Gasteiger partial charge in [-0.05, 0) is 19.8 Å². The zero-order valence-electron chi connectivity index (χ0n) is 7.76. The molecule has 0 aliphatic carbocycles. The van der Waals surface area contributed by atoms with Crippen LogP contribution >= 0.6 is 0 Å². The van der Waals surface area contributed by atoms with Gasteiger partial charge in [0.1, 0.15) is 0 Å². The highest BCUT2D eigenvalue weighted by molar-refractivity contribution is 5.83. The van der Waals surface area contributed by atoms with Crippen molar-refractivity contribution >= 4 is 11.7 Å². The Morgan fingerprint density at radius 3 is 2.50 bits per heavy atom. The molecular weight excluding hydrogens is 154 g/mol. The molecule has 0 aromatic heterocycles. The lowest BCUT2D eigenvalue weighted by Crippen LogP contribution is -2.16. The molecule has 0 aliphatic heterocycles. The van der Waals surface area contributed by atoms with E-state index in [0.717, 1.165) is 12.8 Å². The third-order valence-corrected chi connectivity index (χ3v) is 1.81. The monoisotopic (exact) mass is 171 g/mol. The molecule has 0 radical (unpaired) electrons. The van der Waals surface area contributed by atoms with Gasteiger partial charge >= 0.3 is 5.97 Å². The summed E-state index contributed by atoms with van der Waals surface area (Å²) < 4.78 is 0. The lowest BCUT2D eigenvalue weighted by molar-refractivity contribution is -0.141. The number of nitrogens with one attached hydrogen (secondary N) is 1. The van der Waals surface area contributed by atoms with Crippen molar-refractivity contribution in [3.63, 3.8) is 0 Å². The largest absolute Gasteiger partial charge is 0.481 e. The minimum absolute atomic E-state index is 0.345. The maximum Gasteiger partial charge on any atom is 0.306 e. The summed E-state index contributed by atoms with van der Waals surface area (Å²) >= 11 is 0. The Bertz CT molecular complexity index is 166. The van der Waals surface area contributed by atoms with Gasteiger partial charge in [0.15, 0.2) is 0 Å². The van der Waals surface area contributed by atoms with E-state index in [0.29, 0.717) is 18.6 Å². The van der Waals surface area contributed by atoms with E-state index in [1.807, 2.05) is 6.92 Å². The van der Waals surface area contributed by atoms with Gasteiger partial charge in [0.25, 0.3) is 0 Å². The molecule has 0 amide bonds. The summed E-state index contributed by atoms with van der Waals surface area (Å²) in [5.41, 5.74) is 0.457. The van der Waals surface area contributed by atoms with Crippen LogP contribution < -0.4 is 0 Å². The molecule has 12 heavy (non-hydrogen) atoms. The summed E-state index contributed by atoms with van der Waals surface area (Å²) in [4.78, 5) is 10.6. The van der Waals surface area contributed by atoms with Gasteiger partial charge in [-0.2, -0.15) is 0 Å². The molecule has 1 atom stereocenters. The summed E-state index contributed by atoms with van der Waals surface area (Å²) in [7, 11) is 0. The average Bonchev–Trinajstić information content (AvgIpc) is 1.96. The number of carbonyl (C=O) groups is 1. The van der Waals surface area contributed by atoms with E-state index < -0.39 is 5.97 Å². The molecule has 0 fully saturated rings. The first kappa shape index (κ1) is 11.1. The van der Waals surface area contributed by atoms with E-state index in [9.17, 15) is 4.79 Å². The molecule has 0 heterocycles. The molecule has 0 spiro atoms. The minimum atomic E-state index is -0.768. The van der Waals surface area contributed by atoms with E-state index in [-0.39, 0.29) is 5.92 Å². The summed E-state index contributed by atoms with van der Waals surface area (Å²) in [6.45, 7) is 3.69. The SMILES string of the molecule is CCCCC(CC(C)=N)C(=O)O. The molecule has 0 aliphatic rings. The maximum atomic E-state index is 10.6. The van der Waals surface area contributed by atoms with Crippen LogP contribution in [-0.4, -0.2) is 16.8 Å². The van der Waals surface area contributed by atoms with E-state index in [4.69, 9.17) is 10.5 Å². The Hall–Kier alpha value is -0.860. The van der Waals surface area contributed by atoms with Crippen molar-refractivity contribution in [2.24, 2.45) is 5.92 Å². The quantitative estimate of drug-likeness (QED) is 0.602. The fourth-order valence-electron chi connectivity index (χ4n) is 1.13. The average molecular weight is 171 g/mol. The van der Waals surface area contributed by atoms with Gasteiger partial charge in [-0.3, -0.25) is 4.79 Å². The lowest BCUT2D eigenvalue weighted by Gasteiger charge is -2.09. The van der Waals surface area contributed by atoms with Crippen LogP contribution in [0.3, 0.4) is 0 Å². The van der Waals surface area contributed by atoms with Crippen LogP contribution in [0.5, 0.6) is 0 Å². The number of carboxylic acids is 1. The molecule has 1 unspecified atom stereocenters. The summed E-state index contributed by atoms with van der Waals surface area (Å²) in [6.07, 6.45) is 3.04. The van der Waals surface area contributed by atoms with Gasteiger partial charge < -0.3 is 10.5 Å². The van der Waals surface area contributed by atoms with Crippen molar-refractivity contribution < 1.29 is 9.90 Å². The maximum absolute atomic E-state index is 10.6. The van der Waals surface area contributed by atoms with Gasteiger partial charge in [0, 0.05) is 5.71 Å². The van der Waals surface area contributed by atoms with Gasteiger partial charge in [-0.25, -0.2) is 0 Å². The molecular formula is C9H17NO2. The third-order valence-electron chi connectivity index (χ3n) is 1.81. The molecule has 0 saturated carbocycles. The minimum Gasteiger partial charge on any atom is -0.481 e. The number of unbranched alkanes of at least 4 members (excludes halogenated alkanes) is 1. The van der Waals surface area contributed by atoms with Gasteiger partial charge in [0.2, 0.25) is 0 Å². The van der Waals surface area contributed by atoms with Crippen LogP contribution in [0, 0.1) is 11.3 Å². The van der Waals surface area contributed by atoms with Crippen molar-refractivity contribution in [3.05, 3.63) is 0 Å². The predicted molar refractivity (Wildman–Crippen MR) is 48.7 cm³/mol. The molecule has 3 nitrogen and oxygen atoms in total. The van der Waals surface area contributed by atoms with Gasteiger partial charge in [0.05, 0.1) is 5.92 Å². The standard InChI is InChI=1S/C9H17NO2/c1-3-4-5-8(9(11)12)6-7(2)10/h8,10H,3-6H2,1-2H3,(H,11,12). The van der Waals surface area contributed by atoms with Gasteiger partial charge in [-0.15, -0.1) is 0 Å². The predicted octanol–water partition coefficient (Wildman–Crippen LogP) is 2.31. The Kier molecular flexibility index (Phi) is 5.34. The highest BCUT2D eigenvalue weighted by Crippen LogP contribution is 2.13. The molecule has 0 aromatic rings. The van der Waals surface area contributed by atoms with Crippen molar-refractivity contribution in [1.82, 2.24) is 0 Å². The van der Waals surface area contributed by atoms with E-state index in [2.05, 4.69) is 0 Å². The van der Waals surface area contributed by atoms with E-state index >= 15 is 0 Å². The summed E-state index contributed by atoms with van der Waals surface area (Å²) in [5.74, 6) is -1.11. The molecule has 0 aromatic carbocycles. The number of aliphatic carboxylic acids is 1. The molecule has 0 saturated heterocycles. The zero-order valence-corrected chi connectivity index (χ0v) is 7.76. The molecule has 70 valence electrons. The summed E-state index contributed by atoms with van der Waals surface area (Å²) in [5, 5.41) is 15.9. The smallest absolute Gasteiger partial charge is 0.306 e. The van der Waals surface area contributed by atoms with Crippen molar-refractivity contribution in [1.29, 1.82) is 5.41 Å². The highest BCUT2D eigenvalue weighted by atomic mass is 16.4.